The molecule has 0 unspecified atom stereocenters. The maximum atomic E-state index is 6.20. The first-order chi connectivity index (χ1) is 32.7. The molecule has 304 valence electrons. The number of fused-ring (bicyclic) bond motifs is 18. The van der Waals surface area contributed by atoms with Crippen LogP contribution in [0.4, 0.5) is 0 Å². The second-order valence-corrected chi connectivity index (χ2v) is 18.0. The van der Waals surface area contributed by atoms with Crippen LogP contribution in [0.5, 0.6) is 0 Å². The number of benzene rings is 11. The zero-order valence-corrected chi connectivity index (χ0v) is 35.3. The molecular formula is C62H34N2O2. The van der Waals surface area contributed by atoms with Gasteiger partial charge >= 0.3 is 0 Å². The van der Waals surface area contributed by atoms with Gasteiger partial charge in [0.25, 0.3) is 0 Å². The van der Waals surface area contributed by atoms with E-state index in [0.717, 1.165) is 49.6 Å². The standard InChI is InChI=1S/C62H34N2O2/c1-2-10-43(11-3-1)63-52-15-7-4-14-46(52)60-55(63)34-50-47-30-41-26-35(37-22-24-58-48(28-37)44-12-5-8-16-56(44)65-58)18-20-39(41)32-53(47)64-54-33-40-21-19-36(27-42(40)31-51(54)61(60)62(50)64)38-23-25-59-49(29-38)45-13-6-9-17-57(45)66-59/h1-34H. The van der Waals surface area contributed by atoms with Crippen molar-refractivity contribution in [3.63, 3.8) is 0 Å². The first-order valence-corrected chi connectivity index (χ1v) is 22.6. The average molecular weight is 839 g/mol. The van der Waals surface area contributed by atoms with E-state index in [1.54, 1.807) is 0 Å². The summed E-state index contributed by atoms with van der Waals surface area (Å²) in [4.78, 5) is 0. The Morgan fingerprint density at radius 1 is 0.273 bits per heavy atom. The Labute approximate surface area is 375 Å². The molecule has 16 rings (SSSR count). The zero-order chi connectivity index (χ0) is 42.8. The van der Waals surface area contributed by atoms with Crippen LogP contribution in [0.1, 0.15) is 0 Å². The summed E-state index contributed by atoms with van der Waals surface area (Å²) in [6.45, 7) is 0. The Morgan fingerprint density at radius 3 is 1.44 bits per heavy atom. The van der Waals surface area contributed by atoms with E-state index in [1.807, 2.05) is 24.3 Å². The van der Waals surface area contributed by atoms with Gasteiger partial charge in [0.2, 0.25) is 0 Å². The van der Waals surface area contributed by atoms with Gasteiger partial charge in [-0.05, 0) is 141 Å². The molecule has 0 bridgehead atoms. The molecule has 4 heteroatoms. The number of furan rings is 2. The topological polar surface area (TPSA) is 35.6 Å². The molecule has 0 saturated carbocycles. The molecule has 0 fully saturated rings. The molecule has 11 aromatic carbocycles. The molecule has 0 amide bonds. The van der Waals surface area contributed by atoms with E-state index in [4.69, 9.17) is 8.83 Å². The predicted molar refractivity (Wildman–Crippen MR) is 276 cm³/mol. The SMILES string of the molecule is c1ccc(-n2c3ccccc3c3c4c5cc6cc(-c7ccc8oc9ccccc9c8c7)ccc6cc5n5c6cc7ccc(-c8ccc9oc%10ccccc%10c9c8)cc7cc6c(cc32)c45)cc1. The van der Waals surface area contributed by atoms with Gasteiger partial charge in [-0.3, -0.25) is 0 Å². The van der Waals surface area contributed by atoms with E-state index in [9.17, 15) is 0 Å². The minimum absolute atomic E-state index is 0.911. The molecule has 0 atom stereocenters. The second-order valence-electron chi connectivity index (χ2n) is 18.0. The molecule has 5 heterocycles. The first-order valence-electron chi connectivity index (χ1n) is 22.6. The van der Waals surface area contributed by atoms with E-state index < -0.39 is 0 Å². The predicted octanol–water partition coefficient (Wildman–Crippen LogP) is 17.4. The summed E-state index contributed by atoms with van der Waals surface area (Å²) in [5, 5.41) is 17.0. The van der Waals surface area contributed by atoms with Crippen molar-refractivity contribution in [3.8, 4) is 27.9 Å². The lowest BCUT2D eigenvalue weighted by Gasteiger charge is -2.09. The van der Waals surface area contributed by atoms with Gasteiger partial charge in [0.15, 0.2) is 0 Å². The third-order valence-corrected chi connectivity index (χ3v) is 14.5. The van der Waals surface area contributed by atoms with Gasteiger partial charge in [0.05, 0.1) is 27.6 Å². The molecule has 16 aromatic rings. The van der Waals surface area contributed by atoms with Gasteiger partial charge < -0.3 is 17.8 Å². The van der Waals surface area contributed by atoms with Crippen molar-refractivity contribution < 1.29 is 8.83 Å². The Morgan fingerprint density at radius 2 is 0.788 bits per heavy atom. The Balaban J connectivity index is 0.980. The summed E-state index contributed by atoms with van der Waals surface area (Å²) in [6.07, 6.45) is 0. The molecule has 0 aliphatic rings. The average Bonchev–Trinajstić information content (AvgIpc) is 4.17. The van der Waals surface area contributed by atoms with E-state index in [2.05, 4.69) is 191 Å². The molecule has 4 nitrogen and oxygen atoms in total. The third kappa shape index (κ3) is 4.57. The van der Waals surface area contributed by atoms with Crippen LogP contribution in [0.3, 0.4) is 0 Å². The molecule has 0 aliphatic heterocycles. The lowest BCUT2D eigenvalue weighted by molar-refractivity contribution is 0.668. The fourth-order valence-corrected chi connectivity index (χ4v) is 11.6. The van der Waals surface area contributed by atoms with Crippen LogP contribution < -0.4 is 0 Å². The lowest BCUT2D eigenvalue weighted by Crippen LogP contribution is -1.92. The summed E-state index contributed by atoms with van der Waals surface area (Å²) < 4.78 is 17.4. The normalized spacial score (nSPS) is 12.5. The van der Waals surface area contributed by atoms with E-state index in [-0.39, 0.29) is 0 Å². The fourth-order valence-electron chi connectivity index (χ4n) is 11.6. The summed E-state index contributed by atoms with van der Waals surface area (Å²) in [5.74, 6) is 0. The summed E-state index contributed by atoms with van der Waals surface area (Å²) >= 11 is 0. The van der Waals surface area contributed by atoms with Crippen molar-refractivity contribution in [2.45, 2.75) is 0 Å². The van der Waals surface area contributed by atoms with Crippen molar-refractivity contribution in [1.29, 1.82) is 0 Å². The number of hydrogen-bond donors (Lipinski definition) is 0. The van der Waals surface area contributed by atoms with Gasteiger partial charge in [-0.25, -0.2) is 0 Å². The van der Waals surface area contributed by atoms with Crippen molar-refractivity contribution in [1.82, 2.24) is 8.97 Å². The van der Waals surface area contributed by atoms with Crippen LogP contribution in [-0.2, 0) is 0 Å². The third-order valence-electron chi connectivity index (χ3n) is 14.5. The molecule has 0 N–H and O–H groups in total. The van der Waals surface area contributed by atoms with Crippen LogP contribution >= 0.6 is 0 Å². The molecule has 5 aromatic heterocycles. The van der Waals surface area contributed by atoms with E-state index >= 15 is 0 Å². The molecule has 66 heavy (non-hydrogen) atoms. The number of nitrogens with zero attached hydrogens (tertiary/aromatic N) is 2. The van der Waals surface area contributed by atoms with E-state index in [1.165, 1.54) is 104 Å². The van der Waals surface area contributed by atoms with Crippen molar-refractivity contribution >= 4 is 125 Å². The highest BCUT2D eigenvalue weighted by Crippen LogP contribution is 2.48. The second kappa shape index (κ2) is 12.4. The minimum atomic E-state index is 0.911. The molecule has 0 radical (unpaired) electrons. The number of aromatic nitrogens is 2. The van der Waals surface area contributed by atoms with Crippen LogP contribution in [-0.4, -0.2) is 8.97 Å². The summed E-state index contributed by atoms with van der Waals surface area (Å²) in [6, 6.07) is 75.6. The van der Waals surface area contributed by atoms with Crippen LogP contribution in [0.25, 0.3) is 153 Å². The maximum Gasteiger partial charge on any atom is 0.135 e. The Kier molecular flexibility index (Phi) is 6.52. The van der Waals surface area contributed by atoms with Crippen molar-refractivity contribution in [2.24, 2.45) is 0 Å². The monoisotopic (exact) mass is 838 g/mol. The van der Waals surface area contributed by atoms with Gasteiger partial charge in [-0.15, -0.1) is 0 Å². The molecule has 0 aliphatic carbocycles. The zero-order valence-electron chi connectivity index (χ0n) is 35.3. The van der Waals surface area contributed by atoms with Crippen LogP contribution in [0, 0.1) is 0 Å². The molecular weight excluding hydrogens is 805 g/mol. The highest BCUT2D eigenvalue weighted by Gasteiger charge is 2.25. The van der Waals surface area contributed by atoms with E-state index in [0.29, 0.717) is 0 Å². The molecule has 0 spiro atoms. The lowest BCUT2D eigenvalue weighted by atomic mass is 9.96. The van der Waals surface area contributed by atoms with Gasteiger partial charge in [0, 0.05) is 59.5 Å². The quantitative estimate of drug-likeness (QED) is 0.178. The van der Waals surface area contributed by atoms with Gasteiger partial charge in [-0.1, -0.05) is 109 Å². The summed E-state index contributed by atoms with van der Waals surface area (Å²) in [5.41, 5.74) is 15.7. The molecule has 0 saturated heterocycles. The fraction of sp³-hybridized carbons (Fsp3) is 0. The highest BCUT2D eigenvalue weighted by molar-refractivity contribution is 6.37. The first kappa shape index (κ1) is 34.6. The number of para-hydroxylation sites is 4. The largest absolute Gasteiger partial charge is 0.456 e. The maximum absolute atomic E-state index is 6.20. The van der Waals surface area contributed by atoms with Crippen molar-refractivity contribution in [2.75, 3.05) is 0 Å². The highest BCUT2D eigenvalue weighted by atomic mass is 16.3. The summed E-state index contributed by atoms with van der Waals surface area (Å²) in [7, 11) is 0. The van der Waals surface area contributed by atoms with Crippen molar-refractivity contribution in [3.05, 3.63) is 206 Å². The van der Waals surface area contributed by atoms with Crippen LogP contribution in [0.15, 0.2) is 215 Å². The number of rotatable bonds is 3. The Bertz CT molecular complexity index is 4750. The Hall–Kier alpha value is -8.86. The smallest absolute Gasteiger partial charge is 0.135 e. The minimum Gasteiger partial charge on any atom is -0.456 e. The van der Waals surface area contributed by atoms with Gasteiger partial charge in [-0.2, -0.15) is 0 Å². The van der Waals surface area contributed by atoms with Gasteiger partial charge in [0.1, 0.15) is 22.3 Å². The van der Waals surface area contributed by atoms with Crippen LogP contribution in [0.2, 0.25) is 0 Å². The number of hydrogen-bond acceptors (Lipinski definition) is 2.